The van der Waals surface area contributed by atoms with E-state index in [0.717, 1.165) is 0 Å². The van der Waals surface area contributed by atoms with Crippen LogP contribution in [0.15, 0.2) is 16.7 Å². The lowest BCUT2D eigenvalue weighted by molar-refractivity contribution is -0.490. The van der Waals surface area contributed by atoms with Gasteiger partial charge in [0.15, 0.2) is 0 Å². The molecule has 0 aromatic carbocycles. The van der Waals surface area contributed by atoms with Crippen molar-refractivity contribution < 1.29 is 14.5 Å². The first-order chi connectivity index (χ1) is 7.50. The molecule has 1 atom stereocenters. The SMILES string of the molecule is O=C1Nc2ccc(Br)nc2C(=O)C1[N+](=O)[O-]. The van der Waals surface area contributed by atoms with E-state index in [1.807, 2.05) is 0 Å². The van der Waals surface area contributed by atoms with E-state index in [4.69, 9.17) is 0 Å². The summed E-state index contributed by atoms with van der Waals surface area (Å²) < 4.78 is 0.373. The zero-order valence-electron chi connectivity index (χ0n) is 7.64. The third-order valence-corrected chi connectivity index (χ3v) is 2.50. The molecule has 0 aliphatic carbocycles. The summed E-state index contributed by atoms with van der Waals surface area (Å²) in [5.74, 6) is -1.84. The number of halogens is 1. The number of nitro groups is 1. The molecule has 1 aliphatic heterocycles. The molecule has 0 saturated heterocycles. The Morgan fingerprint density at radius 1 is 1.44 bits per heavy atom. The van der Waals surface area contributed by atoms with E-state index in [1.165, 1.54) is 12.1 Å². The summed E-state index contributed by atoms with van der Waals surface area (Å²) in [5.41, 5.74) is 0.0898. The van der Waals surface area contributed by atoms with Gasteiger partial charge in [-0.25, -0.2) is 4.98 Å². The van der Waals surface area contributed by atoms with Crippen LogP contribution in [0.25, 0.3) is 0 Å². The van der Waals surface area contributed by atoms with Crippen molar-refractivity contribution in [2.24, 2.45) is 0 Å². The maximum Gasteiger partial charge on any atom is 0.353 e. The Balaban J connectivity index is 2.55. The van der Waals surface area contributed by atoms with Gasteiger partial charge in [0, 0.05) is 4.92 Å². The number of carbonyl (C=O) groups excluding carboxylic acids is 2. The second kappa shape index (κ2) is 3.63. The highest BCUT2D eigenvalue weighted by Crippen LogP contribution is 2.23. The van der Waals surface area contributed by atoms with Crippen molar-refractivity contribution in [1.82, 2.24) is 4.98 Å². The number of rotatable bonds is 1. The Kier molecular flexibility index (Phi) is 2.43. The van der Waals surface area contributed by atoms with Crippen molar-refractivity contribution in [3.63, 3.8) is 0 Å². The minimum atomic E-state index is -1.91. The van der Waals surface area contributed by atoms with E-state index in [2.05, 4.69) is 26.2 Å². The van der Waals surface area contributed by atoms with Gasteiger partial charge in [0.05, 0.1) is 5.69 Å². The topological polar surface area (TPSA) is 102 Å². The number of nitrogens with zero attached hydrogens (tertiary/aromatic N) is 2. The van der Waals surface area contributed by atoms with Crippen molar-refractivity contribution in [1.29, 1.82) is 0 Å². The molecule has 1 unspecified atom stereocenters. The van der Waals surface area contributed by atoms with Crippen LogP contribution >= 0.6 is 15.9 Å². The van der Waals surface area contributed by atoms with Crippen molar-refractivity contribution in [2.45, 2.75) is 6.04 Å². The van der Waals surface area contributed by atoms with Crippen molar-refractivity contribution in [3.8, 4) is 0 Å². The molecule has 0 fully saturated rings. The molecule has 0 saturated carbocycles. The average molecular weight is 286 g/mol. The molecule has 2 heterocycles. The first-order valence-corrected chi connectivity index (χ1v) is 4.95. The molecule has 7 nitrogen and oxygen atoms in total. The lowest BCUT2D eigenvalue weighted by Gasteiger charge is -2.17. The number of fused-ring (bicyclic) bond motifs is 1. The minimum absolute atomic E-state index is 0.101. The number of aromatic nitrogens is 1. The standard InChI is InChI=1S/C8H4BrN3O4/c9-4-2-1-3-5(11-4)7(13)6(12(15)16)8(14)10-3/h1-2,6H,(H,10,14). The van der Waals surface area contributed by atoms with E-state index in [-0.39, 0.29) is 11.4 Å². The third-order valence-electron chi connectivity index (χ3n) is 2.06. The Bertz CT molecular complexity index is 516. The zero-order chi connectivity index (χ0) is 11.9. The number of pyridine rings is 1. The maximum atomic E-state index is 11.6. The molecule has 0 radical (unpaired) electrons. The molecule has 8 heteroatoms. The van der Waals surface area contributed by atoms with Gasteiger partial charge >= 0.3 is 11.9 Å². The molecular formula is C8H4BrN3O4. The number of amides is 1. The molecule has 1 N–H and O–H groups in total. The number of hydrogen-bond acceptors (Lipinski definition) is 5. The largest absolute Gasteiger partial charge is 0.353 e. The smallest absolute Gasteiger partial charge is 0.318 e. The van der Waals surface area contributed by atoms with E-state index in [0.29, 0.717) is 4.60 Å². The van der Waals surface area contributed by atoms with E-state index < -0.39 is 22.7 Å². The summed E-state index contributed by atoms with van der Waals surface area (Å²) in [5, 5.41) is 12.8. The van der Waals surface area contributed by atoms with Gasteiger partial charge in [0.25, 0.3) is 5.78 Å². The van der Waals surface area contributed by atoms with Gasteiger partial charge < -0.3 is 5.32 Å². The number of carbonyl (C=O) groups is 2. The highest BCUT2D eigenvalue weighted by molar-refractivity contribution is 9.10. The number of anilines is 1. The first kappa shape index (κ1) is 10.7. The van der Waals surface area contributed by atoms with Gasteiger partial charge in [-0.3, -0.25) is 19.7 Å². The molecule has 1 aromatic rings. The Morgan fingerprint density at radius 2 is 2.12 bits per heavy atom. The molecule has 1 amide bonds. The highest BCUT2D eigenvalue weighted by atomic mass is 79.9. The van der Waals surface area contributed by atoms with Gasteiger partial charge in [-0.1, -0.05) is 0 Å². The van der Waals surface area contributed by atoms with Crippen molar-refractivity contribution in [3.05, 3.63) is 32.5 Å². The van der Waals surface area contributed by atoms with E-state index in [9.17, 15) is 19.7 Å². The lowest BCUT2D eigenvalue weighted by atomic mass is 10.0. The molecular weight excluding hydrogens is 282 g/mol. The van der Waals surface area contributed by atoms with Crippen LogP contribution in [0.2, 0.25) is 0 Å². The summed E-state index contributed by atoms with van der Waals surface area (Å²) in [7, 11) is 0. The predicted molar refractivity (Wildman–Crippen MR) is 55.7 cm³/mol. The number of Topliss-reactive ketones (excluding diaryl/α,β-unsaturated/α-hetero) is 1. The first-order valence-electron chi connectivity index (χ1n) is 4.16. The molecule has 1 aliphatic rings. The van der Waals surface area contributed by atoms with Gasteiger partial charge in [0.2, 0.25) is 0 Å². The molecule has 16 heavy (non-hydrogen) atoms. The average Bonchev–Trinajstić information content (AvgIpc) is 2.19. The molecule has 0 spiro atoms. The summed E-state index contributed by atoms with van der Waals surface area (Å²) in [4.78, 5) is 36.4. The molecule has 1 aromatic heterocycles. The summed E-state index contributed by atoms with van der Waals surface area (Å²) >= 11 is 3.04. The van der Waals surface area contributed by atoms with Crippen LogP contribution in [0.1, 0.15) is 10.5 Å². The van der Waals surface area contributed by atoms with Crippen molar-refractivity contribution in [2.75, 3.05) is 5.32 Å². The fourth-order valence-electron chi connectivity index (χ4n) is 1.37. The molecule has 0 bridgehead atoms. The van der Waals surface area contributed by atoms with Gasteiger partial charge in [0.1, 0.15) is 10.3 Å². The fraction of sp³-hybridized carbons (Fsp3) is 0.125. The third kappa shape index (κ3) is 1.56. The van der Waals surface area contributed by atoms with Crippen LogP contribution in [0.5, 0.6) is 0 Å². The minimum Gasteiger partial charge on any atom is -0.318 e. The van der Waals surface area contributed by atoms with Crippen LogP contribution in [0, 0.1) is 10.1 Å². The summed E-state index contributed by atoms with van der Waals surface area (Å²) in [6.07, 6.45) is 0. The van der Waals surface area contributed by atoms with Crippen LogP contribution < -0.4 is 5.32 Å². The quantitative estimate of drug-likeness (QED) is 0.353. The van der Waals surface area contributed by atoms with E-state index in [1.54, 1.807) is 0 Å². The number of ketones is 1. The fourth-order valence-corrected chi connectivity index (χ4v) is 1.67. The second-order valence-corrected chi connectivity index (χ2v) is 3.88. The van der Waals surface area contributed by atoms with Gasteiger partial charge in [-0.05, 0) is 28.1 Å². The Morgan fingerprint density at radius 3 is 2.75 bits per heavy atom. The van der Waals surface area contributed by atoms with Gasteiger partial charge in [-0.2, -0.15) is 0 Å². The van der Waals surface area contributed by atoms with Crippen LogP contribution in [-0.4, -0.2) is 27.6 Å². The highest BCUT2D eigenvalue weighted by Gasteiger charge is 2.44. The maximum absolute atomic E-state index is 11.6. The predicted octanol–water partition coefficient (Wildman–Crippen LogP) is 0.624. The lowest BCUT2D eigenvalue weighted by Crippen LogP contribution is -2.45. The normalized spacial score (nSPS) is 18.9. The van der Waals surface area contributed by atoms with Gasteiger partial charge in [-0.15, -0.1) is 0 Å². The molecule has 2 rings (SSSR count). The monoisotopic (exact) mass is 285 g/mol. The Hall–Kier alpha value is -1.83. The van der Waals surface area contributed by atoms with Crippen LogP contribution in [0.3, 0.4) is 0 Å². The zero-order valence-corrected chi connectivity index (χ0v) is 9.22. The number of nitrogens with one attached hydrogen (secondary N) is 1. The van der Waals surface area contributed by atoms with Crippen LogP contribution in [-0.2, 0) is 4.79 Å². The molecule has 82 valence electrons. The van der Waals surface area contributed by atoms with Crippen molar-refractivity contribution >= 4 is 33.3 Å². The summed E-state index contributed by atoms with van der Waals surface area (Å²) in [6, 6.07) is 1.08. The number of hydrogen-bond donors (Lipinski definition) is 1. The second-order valence-electron chi connectivity index (χ2n) is 3.07. The van der Waals surface area contributed by atoms with Crippen LogP contribution in [0.4, 0.5) is 5.69 Å². The van der Waals surface area contributed by atoms with E-state index >= 15 is 0 Å². The summed E-state index contributed by atoms with van der Waals surface area (Å²) in [6.45, 7) is 0. The Labute approximate surface area is 97.1 Å².